The van der Waals surface area contributed by atoms with Gasteiger partial charge in [-0.25, -0.2) is 0 Å². The van der Waals surface area contributed by atoms with Crippen LogP contribution in [0.4, 0.5) is 0 Å². The molecule has 0 heterocycles. The summed E-state index contributed by atoms with van der Waals surface area (Å²) in [7, 11) is -0.00664. The first-order chi connectivity index (χ1) is 5.25. The molecule has 0 aliphatic rings. The van der Waals surface area contributed by atoms with Crippen molar-refractivity contribution in [2.45, 2.75) is 5.88 Å². The van der Waals surface area contributed by atoms with Crippen molar-refractivity contribution in [1.29, 1.82) is 0 Å². The molecule has 0 fully saturated rings. The SMILES string of the molecule is CP(C)c1ccccc1CCl.[MgH2]. The fourth-order valence-electron chi connectivity index (χ4n) is 1.06. The van der Waals surface area contributed by atoms with Crippen molar-refractivity contribution >= 4 is 47.9 Å². The van der Waals surface area contributed by atoms with E-state index in [-0.39, 0.29) is 31.0 Å². The lowest BCUT2D eigenvalue weighted by Gasteiger charge is -2.09. The third-order valence-electron chi connectivity index (χ3n) is 1.62. The van der Waals surface area contributed by atoms with Crippen LogP contribution in [0.3, 0.4) is 0 Å². The summed E-state index contributed by atoms with van der Waals surface area (Å²) < 4.78 is 0. The maximum atomic E-state index is 5.79. The molecule has 0 saturated heterocycles. The fourth-order valence-corrected chi connectivity index (χ4v) is 2.50. The van der Waals surface area contributed by atoms with Crippen molar-refractivity contribution in [2.24, 2.45) is 0 Å². The number of hydrogen-bond donors (Lipinski definition) is 0. The molecule has 12 heavy (non-hydrogen) atoms. The van der Waals surface area contributed by atoms with Gasteiger partial charge in [0, 0.05) is 5.88 Å². The molecule has 3 heteroatoms. The van der Waals surface area contributed by atoms with Crippen LogP contribution in [0.5, 0.6) is 0 Å². The zero-order chi connectivity index (χ0) is 8.27. The van der Waals surface area contributed by atoms with E-state index in [1.54, 1.807) is 0 Å². The molecular formula is C9H14ClMgP. The Morgan fingerprint density at radius 2 is 1.83 bits per heavy atom. The molecule has 0 aliphatic carbocycles. The van der Waals surface area contributed by atoms with Crippen LogP contribution < -0.4 is 5.30 Å². The van der Waals surface area contributed by atoms with E-state index in [0.29, 0.717) is 5.88 Å². The Labute approximate surface area is 96.6 Å². The van der Waals surface area contributed by atoms with Crippen LogP contribution in [-0.4, -0.2) is 36.4 Å². The second kappa shape index (κ2) is 6.20. The lowest BCUT2D eigenvalue weighted by molar-refractivity contribution is 1.44. The minimum absolute atomic E-state index is 0. The van der Waals surface area contributed by atoms with Gasteiger partial charge < -0.3 is 0 Å². The lowest BCUT2D eigenvalue weighted by Crippen LogP contribution is -2.04. The van der Waals surface area contributed by atoms with Crippen LogP contribution in [0.2, 0.25) is 0 Å². The number of rotatable bonds is 2. The van der Waals surface area contributed by atoms with Crippen LogP contribution in [0.25, 0.3) is 0 Å². The van der Waals surface area contributed by atoms with Gasteiger partial charge in [0.25, 0.3) is 0 Å². The Balaban J connectivity index is 0.00000121. The Kier molecular flexibility index (Phi) is 6.57. The molecule has 0 radical (unpaired) electrons. The maximum absolute atomic E-state index is 5.79. The second-order valence-electron chi connectivity index (χ2n) is 2.66. The van der Waals surface area contributed by atoms with Crippen molar-refractivity contribution in [2.75, 3.05) is 13.3 Å². The molecule has 0 saturated carbocycles. The highest BCUT2D eigenvalue weighted by atomic mass is 35.5. The zero-order valence-electron chi connectivity index (χ0n) is 6.84. The first-order valence-electron chi connectivity index (χ1n) is 3.57. The predicted molar refractivity (Wildman–Crippen MR) is 62.9 cm³/mol. The third kappa shape index (κ3) is 3.22. The summed E-state index contributed by atoms with van der Waals surface area (Å²) in [5.74, 6) is 0.636. The minimum Gasteiger partial charge on any atom is -0.122 e. The quantitative estimate of drug-likeness (QED) is 0.399. The highest BCUT2D eigenvalue weighted by molar-refractivity contribution is 7.64. The molecule has 64 valence electrons. The van der Waals surface area contributed by atoms with Gasteiger partial charge >= 0.3 is 23.1 Å². The molecule has 0 N–H and O–H groups in total. The lowest BCUT2D eigenvalue weighted by atomic mass is 10.2. The van der Waals surface area contributed by atoms with Gasteiger partial charge in [-0.1, -0.05) is 32.2 Å². The van der Waals surface area contributed by atoms with E-state index >= 15 is 0 Å². The van der Waals surface area contributed by atoms with E-state index in [4.69, 9.17) is 11.6 Å². The first kappa shape index (κ1) is 12.7. The van der Waals surface area contributed by atoms with Crippen LogP contribution in [-0.2, 0) is 5.88 Å². The molecule has 0 atom stereocenters. The van der Waals surface area contributed by atoms with Crippen LogP contribution in [0, 0.1) is 0 Å². The van der Waals surface area contributed by atoms with Crippen LogP contribution >= 0.6 is 19.5 Å². The summed E-state index contributed by atoms with van der Waals surface area (Å²) in [5, 5.41) is 1.43. The summed E-state index contributed by atoms with van der Waals surface area (Å²) >= 11 is 5.79. The molecule has 1 aromatic carbocycles. The largest absolute Gasteiger partial charge is 0.316 e. The average Bonchev–Trinajstić information content (AvgIpc) is 2.04. The summed E-state index contributed by atoms with van der Waals surface area (Å²) in [5.41, 5.74) is 1.28. The standard InChI is InChI=1S/C9H12ClP.Mg.2H/c1-11(2)9-6-4-3-5-8(9)7-10;;;/h3-6H,7H2,1-2H3;;;. The van der Waals surface area contributed by atoms with Gasteiger partial charge in [0.1, 0.15) is 0 Å². The van der Waals surface area contributed by atoms with E-state index in [2.05, 4.69) is 31.5 Å². The fraction of sp³-hybridized carbons (Fsp3) is 0.333. The summed E-state index contributed by atoms with van der Waals surface area (Å²) in [6, 6.07) is 8.39. The molecule has 0 bridgehead atoms. The van der Waals surface area contributed by atoms with Gasteiger partial charge in [0.2, 0.25) is 0 Å². The summed E-state index contributed by atoms with van der Waals surface area (Å²) in [6.07, 6.45) is 0. The van der Waals surface area contributed by atoms with E-state index in [1.165, 1.54) is 10.9 Å². The predicted octanol–water partition coefficient (Wildman–Crippen LogP) is 1.88. The van der Waals surface area contributed by atoms with E-state index in [1.807, 2.05) is 6.07 Å². The van der Waals surface area contributed by atoms with Gasteiger partial charge in [-0.3, -0.25) is 0 Å². The third-order valence-corrected chi connectivity index (χ3v) is 3.31. The van der Waals surface area contributed by atoms with Crippen molar-refractivity contribution < 1.29 is 0 Å². The molecule has 0 spiro atoms. The molecule has 1 rings (SSSR count). The van der Waals surface area contributed by atoms with Gasteiger partial charge in [-0.2, -0.15) is 0 Å². The smallest absolute Gasteiger partial charge is 0.122 e. The molecule has 0 amide bonds. The van der Waals surface area contributed by atoms with Gasteiger partial charge in [-0.05, 0) is 24.2 Å². The molecule has 0 aromatic heterocycles. The molecule has 0 nitrogen and oxygen atoms in total. The number of benzene rings is 1. The highest BCUT2D eigenvalue weighted by Gasteiger charge is 2.02. The van der Waals surface area contributed by atoms with E-state index < -0.39 is 0 Å². The maximum Gasteiger partial charge on any atom is 0.316 e. The van der Waals surface area contributed by atoms with Gasteiger partial charge in [0.05, 0.1) is 0 Å². The highest BCUT2D eigenvalue weighted by Crippen LogP contribution is 2.25. The Bertz CT molecular complexity index is 238. The van der Waals surface area contributed by atoms with Crippen molar-refractivity contribution in [1.82, 2.24) is 0 Å². The number of halogens is 1. The zero-order valence-corrected chi connectivity index (χ0v) is 8.49. The minimum atomic E-state index is -0.00664. The molecular weight excluding hydrogens is 199 g/mol. The van der Waals surface area contributed by atoms with E-state index in [0.717, 1.165) is 0 Å². The van der Waals surface area contributed by atoms with Crippen molar-refractivity contribution in [3.05, 3.63) is 29.8 Å². The average molecular weight is 213 g/mol. The topological polar surface area (TPSA) is 0 Å². The Morgan fingerprint density at radius 3 is 2.25 bits per heavy atom. The van der Waals surface area contributed by atoms with Crippen LogP contribution in [0.1, 0.15) is 5.56 Å². The normalized spacial score (nSPS) is 9.67. The molecule has 0 unspecified atom stereocenters. The Hall–Kier alpha value is 0.706. The number of alkyl halides is 1. The van der Waals surface area contributed by atoms with E-state index in [9.17, 15) is 0 Å². The van der Waals surface area contributed by atoms with Gasteiger partial charge in [-0.15, -0.1) is 11.6 Å². The monoisotopic (exact) mass is 212 g/mol. The summed E-state index contributed by atoms with van der Waals surface area (Å²) in [6.45, 7) is 4.50. The second-order valence-corrected chi connectivity index (χ2v) is 5.19. The van der Waals surface area contributed by atoms with Gasteiger partial charge in [0.15, 0.2) is 0 Å². The number of hydrogen-bond acceptors (Lipinski definition) is 0. The first-order valence-corrected chi connectivity index (χ1v) is 6.34. The Morgan fingerprint density at radius 1 is 1.25 bits per heavy atom. The van der Waals surface area contributed by atoms with Crippen molar-refractivity contribution in [3.8, 4) is 0 Å². The summed E-state index contributed by atoms with van der Waals surface area (Å²) in [4.78, 5) is 0. The molecule has 0 aliphatic heterocycles. The van der Waals surface area contributed by atoms with Crippen molar-refractivity contribution in [3.63, 3.8) is 0 Å². The molecule has 1 aromatic rings. The van der Waals surface area contributed by atoms with Crippen LogP contribution in [0.15, 0.2) is 24.3 Å².